The first kappa shape index (κ1) is 15.6. The Morgan fingerprint density at radius 2 is 1.86 bits per heavy atom. The Kier molecular flexibility index (Phi) is 5.06. The highest BCUT2D eigenvalue weighted by atomic mass is 35.5. The summed E-state index contributed by atoms with van der Waals surface area (Å²) in [6.07, 6.45) is 1.15. The molecule has 21 heavy (non-hydrogen) atoms. The fraction of sp³-hybridized carbons (Fsp3) is 0.615. The molecule has 2 amide bonds. The topological polar surface area (TPSA) is 67.7 Å². The molecule has 0 bridgehead atoms. The zero-order valence-corrected chi connectivity index (χ0v) is 13.0. The lowest BCUT2D eigenvalue weighted by Gasteiger charge is -2.34. The summed E-state index contributed by atoms with van der Waals surface area (Å²) in [6, 6.07) is 0. The van der Waals surface area contributed by atoms with Crippen LogP contribution < -0.4 is 0 Å². The fourth-order valence-electron chi connectivity index (χ4n) is 2.27. The lowest BCUT2D eigenvalue weighted by Crippen LogP contribution is -2.51. The second kappa shape index (κ2) is 6.80. The smallest absolute Gasteiger partial charge is 0.409 e. The first-order valence-electron chi connectivity index (χ1n) is 7.00. The number of ether oxygens (including phenoxy) is 1. The van der Waals surface area contributed by atoms with Crippen LogP contribution in [-0.4, -0.2) is 64.4 Å². The largest absolute Gasteiger partial charge is 0.450 e. The van der Waals surface area contributed by atoms with Gasteiger partial charge in [0.15, 0.2) is 0 Å². The van der Waals surface area contributed by atoms with Crippen molar-refractivity contribution in [3.05, 3.63) is 16.9 Å². The van der Waals surface area contributed by atoms with Crippen molar-refractivity contribution >= 4 is 23.6 Å². The number of hydrogen-bond acceptors (Lipinski definition) is 4. The van der Waals surface area contributed by atoms with Crippen LogP contribution in [-0.2, 0) is 11.3 Å². The molecule has 8 heteroatoms. The molecule has 0 radical (unpaired) electrons. The maximum absolute atomic E-state index is 12.5. The number of halogens is 1. The highest BCUT2D eigenvalue weighted by molar-refractivity contribution is 6.33. The van der Waals surface area contributed by atoms with Gasteiger partial charge in [-0.3, -0.25) is 9.48 Å². The molecule has 0 N–H and O–H groups in total. The van der Waals surface area contributed by atoms with Gasteiger partial charge in [-0.2, -0.15) is 5.10 Å². The summed E-state index contributed by atoms with van der Waals surface area (Å²) in [4.78, 5) is 27.4. The molecular weight excluding hydrogens is 296 g/mol. The summed E-state index contributed by atoms with van der Waals surface area (Å²) in [5.74, 6) is -0.150. The van der Waals surface area contributed by atoms with Gasteiger partial charge in [0.2, 0.25) is 0 Å². The fourth-order valence-corrected chi connectivity index (χ4v) is 2.49. The summed E-state index contributed by atoms with van der Waals surface area (Å²) in [7, 11) is 0. The molecular formula is C13H19ClN4O3. The zero-order valence-electron chi connectivity index (χ0n) is 12.2. The number of aryl methyl sites for hydroxylation is 1. The predicted octanol–water partition coefficient (Wildman–Crippen LogP) is 1.47. The van der Waals surface area contributed by atoms with Gasteiger partial charge < -0.3 is 14.5 Å². The van der Waals surface area contributed by atoms with E-state index in [2.05, 4.69) is 5.10 Å². The van der Waals surface area contributed by atoms with Gasteiger partial charge in [-0.1, -0.05) is 11.6 Å². The average molecular weight is 315 g/mol. The quantitative estimate of drug-likeness (QED) is 0.847. The molecule has 116 valence electrons. The van der Waals surface area contributed by atoms with E-state index in [1.807, 2.05) is 6.92 Å². The molecule has 1 aromatic rings. The number of amides is 2. The van der Waals surface area contributed by atoms with E-state index in [1.54, 1.807) is 21.4 Å². The highest BCUT2D eigenvalue weighted by Gasteiger charge is 2.28. The number of piperazine rings is 1. The Morgan fingerprint density at radius 3 is 2.43 bits per heavy atom. The van der Waals surface area contributed by atoms with Crippen LogP contribution in [0.4, 0.5) is 4.79 Å². The first-order chi connectivity index (χ1) is 10.1. The minimum atomic E-state index is -0.332. The van der Waals surface area contributed by atoms with Gasteiger partial charge >= 0.3 is 6.09 Å². The lowest BCUT2D eigenvalue weighted by atomic mass is 10.3. The van der Waals surface area contributed by atoms with Crippen molar-refractivity contribution in [1.82, 2.24) is 19.6 Å². The SMILES string of the molecule is CCOC(=O)N1CCN(C(=O)c2c(Cl)cnn2CC)CC1. The Bertz CT molecular complexity index is 523. The maximum Gasteiger partial charge on any atom is 0.409 e. The van der Waals surface area contributed by atoms with E-state index in [0.29, 0.717) is 50.0 Å². The molecule has 2 heterocycles. The van der Waals surface area contributed by atoms with E-state index in [-0.39, 0.29) is 12.0 Å². The van der Waals surface area contributed by atoms with Crippen molar-refractivity contribution < 1.29 is 14.3 Å². The first-order valence-corrected chi connectivity index (χ1v) is 7.38. The Hall–Kier alpha value is -1.76. The summed E-state index contributed by atoms with van der Waals surface area (Å²) in [5, 5.41) is 4.43. The van der Waals surface area contributed by atoms with Gasteiger partial charge in [0, 0.05) is 32.7 Å². The van der Waals surface area contributed by atoms with E-state index in [9.17, 15) is 9.59 Å². The molecule has 0 unspecified atom stereocenters. The Balaban J connectivity index is 2.00. The van der Waals surface area contributed by atoms with Gasteiger partial charge in [-0.25, -0.2) is 4.79 Å². The molecule has 1 aliphatic heterocycles. The second-order valence-corrected chi connectivity index (χ2v) is 5.04. The van der Waals surface area contributed by atoms with Gasteiger partial charge in [0.05, 0.1) is 17.8 Å². The van der Waals surface area contributed by atoms with Gasteiger partial charge in [-0.15, -0.1) is 0 Å². The second-order valence-electron chi connectivity index (χ2n) is 4.64. The van der Waals surface area contributed by atoms with Crippen LogP contribution >= 0.6 is 11.6 Å². The van der Waals surface area contributed by atoms with Gasteiger partial charge in [0.1, 0.15) is 5.69 Å². The maximum atomic E-state index is 12.5. The van der Waals surface area contributed by atoms with Crippen LogP contribution in [0.2, 0.25) is 5.02 Å². The molecule has 0 saturated carbocycles. The van der Waals surface area contributed by atoms with Crippen LogP contribution in [0, 0.1) is 0 Å². The number of carbonyl (C=O) groups is 2. The molecule has 1 aromatic heterocycles. The average Bonchev–Trinajstić information content (AvgIpc) is 2.88. The summed E-state index contributed by atoms with van der Waals surface area (Å²) in [5.41, 5.74) is 0.406. The third kappa shape index (κ3) is 3.29. The van der Waals surface area contributed by atoms with Crippen molar-refractivity contribution in [3.8, 4) is 0 Å². The van der Waals surface area contributed by atoms with E-state index in [1.165, 1.54) is 6.20 Å². The normalized spacial score (nSPS) is 15.2. The number of carbonyl (C=O) groups excluding carboxylic acids is 2. The molecule has 1 fully saturated rings. The van der Waals surface area contributed by atoms with Crippen molar-refractivity contribution in [2.75, 3.05) is 32.8 Å². The molecule has 0 aliphatic carbocycles. The zero-order chi connectivity index (χ0) is 15.4. The summed E-state index contributed by atoms with van der Waals surface area (Å²) in [6.45, 7) is 6.45. The minimum absolute atomic E-state index is 0.150. The van der Waals surface area contributed by atoms with Crippen molar-refractivity contribution in [2.24, 2.45) is 0 Å². The highest BCUT2D eigenvalue weighted by Crippen LogP contribution is 2.18. The third-order valence-corrected chi connectivity index (χ3v) is 3.67. The molecule has 1 saturated heterocycles. The van der Waals surface area contributed by atoms with Crippen LogP contribution in [0.25, 0.3) is 0 Å². The van der Waals surface area contributed by atoms with Crippen LogP contribution in [0.3, 0.4) is 0 Å². The molecule has 0 atom stereocenters. The van der Waals surface area contributed by atoms with E-state index >= 15 is 0 Å². The number of nitrogens with zero attached hydrogens (tertiary/aromatic N) is 4. The Labute approximate surface area is 128 Å². The molecule has 1 aliphatic rings. The van der Waals surface area contributed by atoms with E-state index in [4.69, 9.17) is 16.3 Å². The number of hydrogen-bond donors (Lipinski definition) is 0. The molecule has 7 nitrogen and oxygen atoms in total. The number of rotatable bonds is 3. The molecule has 2 rings (SSSR count). The predicted molar refractivity (Wildman–Crippen MR) is 77.4 cm³/mol. The summed E-state index contributed by atoms with van der Waals surface area (Å²) >= 11 is 6.04. The monoisotopic (exact) mass is 314 g/mol. The van der Waals surface area contributed by atoms with Crippen molar-refractivity contribution in [3.63, 3.8) is 0 Å². The van der Waals surface area contributed by atoms with E-state index < -0.39 is 0 Å². The summed E-state index contributed by atoms with van der Waals surface area (Å²) < 4.78 is 6.54. The van der Waals surface area contributed by atoms with Gasteiger partial charge in [0.25, 0.3) is 5.91 Å². The standard InChI is InChI=1S/C13H19ClN4O3/c1-3-18-11(10(14)9-15-18)12(19)16-5-7-17(8-6-16)13(20)21-4-2/h9H,3-8H2,1-2H3. The van der Waals surface area contributed by atoms with Gasteiger partial charge in [-0.05, 0) is 13.8 Å². The number of aromatic nitrogens is 2. The Morgan fingerprint density at radius 1 is 1.24 bits per heavy atom. The van der Waals surface area contributed by atoms with Crippen LogP contribution in [0.1, 0.15) is 24.3 Å². The van der Waals surface area contributed by atoms with Crippen LogP contribution in [0.5, 0.6) is 0 Å². The van der Waals surface area contributed by atoms with Crippen molar-refractivity contribution in [2.45, 2.75) is 20.4 Å². The molecule has 0 spiro atoms. The van der Waals surface area contributed by atoms with Crippen LogP contribution in [0.15, 0.2) is 6.20 Å². The van der Waals surface area contributed by atoms with Crippen molar-refractivity contribution in [1.29, 1.82) is 0 Å². The lowest BCUT2D eigenvalue weighted by molar-refractivity contribution is 0.0561. The molecule has 0 aromatic carbocycles. The minimum Gasteiger partial charge on any atom is -0.450 e. The third-order valence-electron chi connectivity index (χ3n) is 3.39. The van der Waals surface area contributed by atoms with E-state index in [0.717, 1.165) is 0 Å².